The van der Waals surface area contributed by atoms with E-state index in [2.05, 4.69) is 226 Å². The van der Waals surface area contributed by atoms with Gasteiger partial charge in [0.2, 0.25) is 0 Å². The van der Waals surface area contributed by atoms with Crippen LogP contribution in [0.3, 0.4) is 0 Å². The highest BCUT2D eigenvalue weighted by Crippen LogP contribution is 2.54. The van der Waals surface area contributed by atoms with Crippen molar-refractivity contribution in [1.29, 1.82) is 0 Å². The zero-order valence-electron chi connectivity index (χ0n) is 35.8. The van der Waals surface area contributed by atoms with Gasteiger partial charge in [0.15, 0.2) is 0 Å². The molecule has 1 atom stereocenters. The van der Waals surface area contributed by atoms with E-state index in [0.29, 0.717) is 19.0 Å². The maximum absolute atomic E-state index is 14.2. The number of benzene rings is 7. The van der Waals surface area contributed by atoms with E-state index in [9.17, 15) is 4.79 Å². The molecule has 0 radical (unpaired) electrons. The fraction of sp³-hybridized carbons (Fsp3) is 0.175. The van der Waals surface area contributed by atoms with Crippen LogP contribution in [-0.4, -0.2) is 19.1 Å². The van der Waals surface area contributed by atoms with Crippen molar-refractivity contribution in [3.05, 3.63) is 222 Å². The van der Waals surface area contributed by atoms with Crippen LogP contribution >= 0.6 is 0 Å². The maximum atomic E-state index is 14.2. The number of carbonyl (C=O) groups excluding carboxylic acids is 1. The van der Waals surface area contributed by atoms with Crippen molar-refractivity contribution in [2.45, 2.75) is 50.9 Å². The summed E-state index contributed by atoms with van der Waals surface area (Å²) in [7, 11) is 0. The summed E-state index contributed by atoms with van der Waals surface area (Å²) >= 11 is 0. The quantitative estimate of drug-likeness (QED) is 0.153. The molecule has 7 aromatic rings. The Hall–Kier alpha value is -7.11. The molecule has 3 aliphatic carbocycles. The molecule has 7 aromatic carbocycles. The summed E-state index contributed by atoms with van der Waals surface area (Å²) in [6.07, 6.45) is 5.78. The largest absolute Gasteiger partial charge is 0.329 e. The summed E-state index contributed by atoms with van der Waals surface area (Å²) in [5.41, 5.74) is 17.9. The molecule has 1 unspecified atom stereocenters. The summed E-state index contributed by atoms with van der Waals surface area (Å²) in [6, 6.07) is 62.7. The van der Waals surface area contributed by atoms with Gasteiger partial charge in [0.1, 0.15) is 0 Å². The van der Waals surface area contributed by atoms with E-state index in [1.165, 1.54) is 44.7 Å². The Balaban J connectivity index is 0.852. The third-order valence-electron chi connectivity index (χ3n) is 13.9. The number of para-hydroxylation sites is 2. The van der Waals surface area contributed by atoms with Crippen molar-refractivity contribution in [3.63, 3.8) is 0 Å². The van der Waals surface area contributed by atoms with Crippen molar-refractivity contribution < 1.29 is 4.79 Å². The molecular formula is C57H50N4O. The first kappa shape index (κ1) is 37.9. The van der Waals surface area contributed by atoms with Crippen molar-refractivity contribution in [3.8, 4) is 11.1 Å². The number of hydrogen-bond acceptors (Lipinski definition) is 3. The van der Waals surface area contributed by atoms with E-state index < -0.39 is 0 Å². The molecule has 1 aliphatic heterocycles. The highest BCUT2D eigenvalue weighted by atomic mass is 16.2. The number of allylic oxidation sites excluding steroid dienone is 3. The van der Waals surface area contributed by atoms with E-state index in [0.717, 1.165) is 46.2 Å². The van der Waals surface area contributed by atoms with Gasteiger partial charge in [0, 0.05) is 75.3 Å². The van der Waals surface area contributed by atoms with Crippen molar-refractivity contribution >= 4 is 45.8 Å². The molecule has 62 heavy (non-hydrogen) atoms. The van der Waals surface area contributed by atoms with Gasteiger partial charge >= 0.3 is 6.03 Å². The lowest BCUT2D eigenvalue weighted by Gasteiger charge is -2.33. The van der Waals surface area contributed by atoms with Crippen LogP contribution in [0, 0.1) is 0 Å². The van der Waals surface area contributed by atoms with E-state index in [-0.39, 0.29) is 16.9 Å². The number of rotatable bonds is 8. The molecule has 1 fully saturated rings. The smallest absolute Gasteiger partial charge is 0.311 e. The van der Waals surface area contributed by atoms with Crippen molar-refractivity contribution in [1.82, 2.24) is 0 Å². The van der Waals surface area contributed by atoms with Crippen LogP contribution in [0.2, 0.25) is 0 Å². The van der Waals surface area contributed by atoms with Gasteiger partial charge < -0.3 is 9.80 Å². The summed E-state index contributed by atoms with van der Waals surface area (Å²) in [4.78, 5) is 22.7. The first-order valence-electron chi connectivity index (χ1n) is 21.9. The number of fused-ring (bicyclic) bond motifs is 6. The molecule has 1 heterocycles. The van der Waals surface area contributed by atoms with Gasteiger partial charge in [-0.05, 0) is 131 Å². The predicted molar refractivity (Wildman–Crippen MR) is 257 cm³/mol. The summed E-state index contributed by atoms with van der Waals surface area (Å²) in [6.45, 7) is 10.6. The Kier molecular flexibility index (Phi) is 8.87. The van der Waals surface area contributed by atoms with Crippen molar-refractivity contribution in [2.24, 2.45) is 0 Å². The molecule has 1 saturated heterocycles. The maximum Gasteiger partial charge on any atom is 0.329 e. The Labute approximate surface area is 365 Å². The van der Waals surface area contributed by atoms with Crippen LogP contribution in [0.1, 0.15) is 62.3 Å². The molecule has 0 N–H and O–H groups in total. The molecule has 11 rings (SSSR count). The van der Waals surface area contributed by atoms with E-state index in [4.69, 9.17) is 0 Å². The second-order valence-electron chi connectivity index (χ2n) is 18.1. The fourth-order valence-electron chi connectivity index (χ4n) is 10.7. The SMILES string of the molecule is CC1(C)C2=CC(N(c3ccccc3)c3ccc(N4CCN(c5ccc(N(c6ccccc6)c6ccc7c(c6)C(C)(C)c6ccccc6-7)cc5)C4=O)cc3)=CCC2c2ccccc21. The number of amides is 2. The van der Waals surface area contributed by atoms with Gasteiger partial charge in [-0.2, -0.15) is 0 Å². The molecule has 0 spiro atoms. The molecule has 5 heteroatoms. The lowest BCUT2D eigenvalue weighted by Crippen LogP contribution is -2.31. The zero-order chi connectivity index (χ0) is 42.2. The number of hydrogen-bond donors (Lipinski definition) is 0. The Morgan fingerprint density at radius 1 is 0.484 bits per heavy atom. The van der Waals surface area contributed by atoms with E-state index in [1.54, 1.807) is 0 Å². The van der Waals surface area contributed by atoms with Gasteiger partial charge in [-0.25, -0.2) is 4.79 Å². The standard InChI is InChI=1S/C57H50N4O/c1-56(2)51-21-13-11-19-47(51)49-33-31-45(37-53(49)56)60(41-15-7-5-8-16-41)43-27-23-39(24-28-43)58-35-36-59(55(58)62)40-25-29-44(30-26-40)61(42-17-9-6-10-18-42)46-32-34-50-48-20-12-14-22-52(48)57(3,4)54(50)38-46/h5-33,37-38,50H,34-36H2,1-4H3. The monoisotopic (exact) mass is 806 g/mol. The summed E-state index contributed by atoms with van der Waals surface area (Å²) < 4.78 is 0. The molecular weight excluding hydrogens is 757 g/mol. The Morgan fingerprint density at radius 2 is 0.984 bits per heavy atom. The molecule has 5 nitrogen and oxygen atoms in total. The molecule has 0 bridgehead atoms. The van der Waals surface area contributed by atoms with Crippen LogP contribution in [0.25, 0.3) is 11.1 Å². The first-order valence-corrected chi connectivity index (χ1v) is 21.9. The van der Waals surface area contributed by atoms with E-state index in [1.807, 2.05) is 9.80 Å². The first-order chi connectivity index (χ1) is 30.2. The normalized spacial score (nSPS) is 17.7. The molecule has 4 aliphatic rings. The number of nitrogens with zero attached hydrogens (tertiary/aromatic N) is 4. The lowest BCUT2D eigenvalue weighted by molar-refractivity contribution is 0.256. The number of anilines is 7. The van der Waals surface area contributed by atoms with Crippen LogP contribution in [0.15, 0.2) is 199 Å². The second-order valence-corrected chi connectivity index (χ2v) is 18.1. The third-order valence-corrected chi connectivity index (χ3v) is 13.9. The van der Waals surface area contributed by atoms with Crippen LogP contribution < -0.4 is 19.6 Å². The Morgan fingerprint density at radius 3 is 1.63 bits per heavy atom. The fourth-order valence-corrected chi connectivity index (χ4v) is 10.7. The van der Waals surface area contributed by atoms with Crippen LogP contribution in [-0.2, 0) is 10.8 Å². The number of urea groups is 1. The van der Waals surface area contributed by atoms with Gasteiger partial charge in [-0.1, -0.05) is 130 Å². The van der Waals surface area contributed by atoms with Crippen LogP contribution in [0.4, 0.5) is 44.6 Å². The third kappa shape index (κ3) is 6.01. The Bertz CT molecular complexity index is 2910. The predicted octanol–water partition coefficient (Wildman–Crippen LogP) is 14.3. The highest BCUT2D eigenvalue weighted by Gasteiger charge is 2.42. The highest BCUT2D eigenvalue weighted by molar-refractivity contribution is 6.06. The minimum absolute atomic E-state index is 0.0143. The summed E-state index contributed by atoms with van der Waals surface area (Å²) in [5.74, 6) is 0.407. The van der Waals surface area contributed by atoms with E-state index >= 15 is 0 Å². The molecule has 0 aromatic heterocycles. The molecule has 2 amide bonds. The van der Waals surface area contributed by atoms with Crippen LogP contribution in [0.5, 0.6) is 0 Å². The molecule has 304 valence electrons. The average Bonchev–Trinajstić information content (AvgIpc) is 3.89. The average molecular weight is 807 g/mol. The minimum Gasteiger partial charge on any atom is -0.311 e. The second kappa shape index (κ2) is 14.5. The van der Waals surface area contributed by atoms with Gasteiger partial charge in [0.25, 0.3) is 0 Å². The lowest BCUT2D eigenvalue weighted by atomic mass is 9.78. The topological polar surface area (TPSA) is 30.0 Å². The zero-order valence-corrected chi connectivity index (χ0v) is 35.8. The molecule has 0 saturated carbocycles. The minimum atomic E-state index is -0.104. The van der Waals surface area contributed by atoms with Crippen molar-refractivity contribution in [2.75, 3.05) is 32.7 Å². The van der Waals surface area contributed by atoms with Gasteiger partial charge in [-0.3, -0.25) is 9.80 Å². The summed E-state index contributed by atoms with van der Waals surface area (Å²) in [5, 5.41) is 0. The van der Waals surface area contributed by atoms with Gasteiger partial charge in [0.05, 0.1) is 0 Å². The number of carbonyl (C=O) groups is 1. The van der Waals surface area contributed by atoms with Gasteiger partial charge in [-0.15, -0.1) is 0 Å².